The normalized spacial score (nSPS) is 11.5. The SMILES string of the molecule is Cc1nnsc1C(=O)NCC(F)(F)CN. The summed E-state index contributed by atoms with van der Waals surface area (Å²) in [5.41, 5.74) is 5.24. The van der Waals surface area contributed by atoms with Gasteiger partial charge in [-0.25, -0.2) is 8.78 Å². The number of alkyl halides is 2. The number of hydrogen-bond donors (Lipinski definition) is 2. The van der Waals surface area contributed by atoms with Crippen LogP contribution in [0.5, 0.6) is 0 Å². The molecule has 15 heavy (non-hydrogen) atoms. The lowest BCUT2D eigenvalue weighted by molar-refractivity contribution is 0.0119. The number of amides is 1. The standard InChI is InChI=1S/C7H10F2N4OS/c1-4-5(15-13-12-4)6(14)11-3-7(8,9)2-10/h2-3,10H2,1H3,(H,11,14). The van der Waals surface area contributed by atoms with Gasteiger partial charge in [-0.05, 0) is 18.5 Å². The number of nitrogens with one attached hydrogen (secondary N) is 1. The first-order valence-corrected chi connectivity index (χ1v) is 4.88. The molecule has 3 N–H and O–H groups in total. The number of aryl methyl sites for hydroxylation is 1. The molecule has 0 fully saturated rings. The summed E-state index contributed by atoms with van der Waals surface area (Å²) in [4.78, 5) is 11.6. The van der Waals surface area contributed by atoms with E-state index >= 15 is 0 Å². The van der Waals surface area contributed by atoms with Gasteiger partial charge in [-0.1, -0.05) is 4.49 Å². The Labute approximate surface area is 88.8 Å². The lowest BCUT2D eigenvalue weighted by Gasteiger charge is -2.13. The van der Waals surface area contributed by atoms with Crippen LogP contribution < -0.4 is 11.1 Å². The minimum atomic E-state index is -3.08. The van der Waals surface area contributed by atoms with Crippen LogP contribution >= 0.6 is 11.5 Å². The van der Waals surface area contributed by atoms with Crippen molar-refractivity contribution in [3.8, 4) is 0 Å². The van der Waals surface area contributed by atoms with E-state index in [0.717, 1.165) is 11.5 Å². The second-order valence-electron chi connectivity index (χ2n) is 2.93. The first-order valence-electron chi connectivity index (χ1n) is 4.11. The molecule has 0 saturated carbocycles. The topological polar surface area (TPSA) is 80.9 Å². The first kappa shape index (κ1) is 11.9. The molecule has 84 valence electrons. The minimum absolute atomic E-state index is 0.239. The van der Waals surface area contributed by atoms with Gasteiger partial charge >= 0.3 is 0 Å². The van der Waals surface area contributed by atoms with Gasteiger partial charge in [-0.15, -0.1) is 5.10 Å². The van der Waals surface area contributed by atoms with E-state index in [1.165, 1.54) is 0 Å². The van der Waals surface area contributed by atoms with Gasteiger partial charge in [-0.2, -0.15) is 0 Å². The van der Waals surface area contributed by atoms with E-state index in [2.05, 4.69) is 14.9 Å². The van der Waals surface area contributed by atoms with Crippen molar-refractivity contribution in [1.29, 1.82) is 0 Å². The second kappa shape index (κ2) is 4.58. The van der Waals surface area contributed by atoms with Crippen LogP contribution in [0.25, 0.3) is 0 Å². The molecule has 1 amide bonds. The lowest BCUT2D eigenvalue weighted by atomic mass is 10.3. The first-order chi connectivity index (χ1) is 6.96. The number of aromatic nitrogens is 2. The van der Waals surface area contributed by atoms with Gasteiger partial charge in [0.1, 0.15) is 4.88 Å². The molecule has 0 spiro atoms. The van der Waals surface area contributed by atoms with Crippen LogP contribution in [0.4, 0.5) is 8.78 Å². The summed E-state index contributed by atoms with van der Waals surface area (Å²) in [7, 11) is 0. The molecule has 5 nitrogen and oxygen atoms in total. The van der Waals surface area contributed by atoms with Gasteiger partial charge in [0.05, 0.1) is 18.8 Å². The molecule has 0 radical (unpaired) electrons. The molecular weight excluding hydrogens is 226 g/mol. The van der Waals surface area contributed by atoms with Crippen LogP contribution in [0.3, 0.4) is 0 Å². The average molecular weight is 236 g/mol. The summed E-state index contributed by atoms with van der Waals surface area (Å²) in [6, 6.07) is 0. The zero-order valence-corrected chi connectivity index (χ0v) is 8.77. The van der Waals surface area contributed by atoms with Gasteiger partial charge in [0.15, 0.2) is 0 Å². The third kappa shape index (κ3) is 3.17. The molecule has 8 heteroatoms. The van der Waals surface area contributed by atoms with Gasteiger partial charge in [0, 0.05) is 0 Å². The van der Waals surface area contributed by atoms with Gasteiger partial charge in [0.2, 0.25) is 0 Å². The van der Waals surface area contributed by atoms with Crippen molar-refractivity contribution in [2.24, 2.45) is 5.73 Å². The average Bonchev–Trinajstić information content (AvgIpc) is 2.61. The maximum atomic E-state index is 12.7. The fraction of sp³-hybridized carbons (Fsp3) is 0.571. The highest BCUT2D eigenvalue weighted by Crippen LogP contribution is 2.11. The molecule has 0 aliphatic heterocycles. The van der Waals surface area contributed by atoms with Crippen LogP contribution in [0.2, 0.25) is 0 Å². The highest BCUT2D eigenvalue weighted by atomic mass is 32.1. The number of rotatable bonds is 4. The monoisotopic (exact) mass is 236 g/mol. The summed E-state index contributed by atoms with van der Waals surface area (Å²) in [5, 5.41) is 5.68. The molecule has 1 rings (SSSR count). The highest BCUT2D eigenvalue weighted by Gasteiger charge is 2.28. The van der Waals surface area contributed by atoms with Crippen LogP contribution in [-0.2, 0) is 0 Å². The number of hydrogen-bond acceptors (Lipinski definition) is 5. The smallest absolute Gasteiger partial charge is 0.277 e. The van der Waals surface area contributed by atoms with Crippen LogP contribution in [0, 0.1) is 6.92 Å². The molecule has 0 atom stereocenters. The van der Waals surface area contributed by atoms with Crippen molar-refractivity contribution < 1.29 is 13.6 Å². The third-order valence-electron chi connectivity index (χ3n) is 1.66. The van der Waals surface area contributed by atoms with Crippen molar-refractivity contribution in [3.63, 3.8) is 0 Å². The highest BCUT2D eigenvalue weighted by molar-refractivity contribution is 7.07. The van der Waals surface area contributed by atoms with Crippen molar-refractivity contribution in [3.05, 3.63) is 10.6 Å². The second-order valence-corrected chi connectivity index (χ2v) is 3.68. The molecule has 0 unspecified atom stereocenters. The number of carbonyl (C=O) groups excluding carboxylic acids is 1. The summed E-state index contributed by atoms with van der Waals surface area (Å²) in [5.74, 6) is -3.68. The van der Waals surface area contributed by atoms with Gasteiger partial charge < -0.3 is 11.1 Å². The summed E-state index contributed by atoms with van der Waals surface area (Å²) < 4.78 is 28.9. The molecule has 0 aliphatic carbocycles. The molecule has 0 aromatic carbocycles. The molecule has 0 saturated heterocycles. The fourth-order valence-corrected chi connectivity index (χ4v) is 1.37. The number of halogens is 2. The van der Waals surface area contributed by atoms with E-state index in [-0.39, 0.29) is 4.88 Å². The predicted octanol–water partition coefficient (Wildman–Crippen LogP) is 0.170. The molecule has 1 aromatic rings. The van der Waals surface area contributed by atoms with E-state index in [4.69, 9.17) is 5.73 Å². The Bertz CT molecular complexity index is 355. The largest absolute Gasteiger partial charge is 0.345 e. The van der Waals surface area contributed by atoms with Gasteiger partial charge in [-0.3, -0.25) is 4.79 Å². The predicted molar refractivity (Wildman–Crippen MR) is 51.0 cm³/mol. The van der Waals surface area contributed by atoms with Crippen LogP contribution in [0.15, 0.2) is 0 Å². The Balaban J connectivity index is 2.55. The maximum absolute atomic E-state index is 12.7. The van der Waals surface area contributed by atoms with Crippen molar-refractivity contribution >= 4 is 17.4 Å². The summed E-state index contributed by atoms with van der Waals surface area (Å²) in [6.45, 7) is 0.00631. The molecule has 1 aromatic heterocycles. The third-order valence-corrected chi connectivity index (χ3v) is 2.49. The molecule has 0 aliphatic rings. The van der Waals surface area contributed by atoms with E-state index < -0.39 is 24.9 Å². The van der Waals surface area contributed by atoms with Gasteiger partial charge in [0.25, 0.3) is 11.8 Å². The Morgan fingerprint density at radius 1 is 1.67 bits per heavy atom. The Hall–Kier alpha value is -1.15. The zero-order chi connectivity index (χ0) is 11.5. The van der Waals surface area contributed by atoms with Crippen molar-refractivity contribution in [1.82, 2.24) is 14.9 Å². The van der Waals surface area contributed by atoms with E-state index in [1.807, 2.05) is 0 Å². The van der Waals surface area contributed by atoms with Crippen LogP contribution in [0.1, 0.15) is 15.4 Å². The van der Waals surface area contributed by atoms with E-state index in [9.17, 15) is 13.6 Å². The molecular formula is C7H10F2N4OS. The lowest BCUT2D eigenvalue weighted by Crippen LogP contribution is -2.41. The summed E-state index contributed by atoms with van der Waals surface area (Å²) >= 11 is 0.867. The zero-order valence-electron chi connectivity index (χ0n) is 7.96. The summed E-state index contributed by atoms with van der Waals surface area (Å²) in [6.07, 6.45) is 0. The Morgan fingerprint density at radius 2 is 2.33 bits per heavy atom. The fourth-order valence-electron chi connectivity index (χ4n) is 0.802. The minimum Gasteiger partial charge on any atom is -0.345 e. The Morgan fingerprint density at radius 3 is 2.80 bits per heavy atom. The Kier molecular flexibility index (Phi) is 3.64. The van der Waals surface area contributed by atoms with Crippen molar-refractivity contribution in [2.45, 2.75) is 12.8 Å². The van der Waals surface area contributed by atoms with Crippen molar-refractivity contribution in [2.75, 3.05) is 13.1 Å². The number of nitrogens with zero attached hydrogens (tertiary/aromatic N) is 2. The molecule has 0 bridgehead atoms. The number of carbonyl (C=O) groups is 1. The van der Waals surface area contributed by atoms with E-state index in [1.54, 1.807) is 6.92 Å². The molecule has 1 heterocycles. The number of nitrogens with two attached hydrogens (primary N) is 1. The van der Waals surface area contributed by atoms with E-state index in [0.29, 0.717) is 5.69 Å². The quantitative estimate of drug-likeness (QED) is 0.781. The van der Waals surface area contributed by atoms with Crippen LogP contribution in [-0.4, -0.2) is 34.5 Å². The maximum Gasteiger partial charge on any atom is 0.277 e.